The van der Waals surface area contributed by atoms with E-state index >= 15 is 0 Å². The van der Waals surface area contributed by atoms with Crippen LogP contribution < -0.4 is 10.0 Å². The minimum atomic E-state index is 0.00556. The minimum Gasteiger partial charge on any atom is -0.434 e. The van der Waals surface area contributed by atoms with Crippen LogP contribution in [0.25, 0.3) is 34.4 Å². The molecule has 0 saturated heterocycles. The maximum atomic E-state index is 6.24. The van der Waals surface area contributed by atoms with Crippen LogP contribution in [-0.4, -0.2) is 29.9 Å². The number of anilines is 4. The quantitative estimate of drug-likeness (QED) is 0.146. The van der Waals surface area contributed by atoms with Crippen LogP contribution in [0.1, 0.15) is 0 Å². The van der Waals surface area contributed by atoms with Crippen molar-refractivity contribution >= 4 is 69.4 Å². The van der Waals surface area contributed by atoms with Gasteiger partial charge in [-0.2, -0.15) is 11.3 Å². The number of hydrazine groups is 1. The predicted octanol–water partition coefficient (Wildman–Crippen LogP) is 9.16. The number of hydrogen-bond acceptors (Lipinski definition) is 11. The van der Waals surface area contributed by atoms with Gasteiger partial charge in [0.25, 0.3) is 5.35 Å². The van der Waals surface area contributed by atoms with Crippen molar-refractivity contribution in [3.63, 3.8) is 0 Å². The fourth-order valence-electron chi connectivity index (χ4n) is 4.27. The third-order valence-electron chi connectivity index (χ3n) is 6.22. The van der Waals surface area contributed by atoms with E-state index in [9.17, 15) is 0 Å². The van der Waals surface area contributed by atoms with Gasteiger partial charge in [0.2, 0.25) is 5.89 Å². The number of halogens is 3. The van der Waals surface area contributed by atoms with Crippen LogP contribution in [0.3, 0.4) is 0 Å². The van der Waals surface area contributed by atoms with E-state index in [2.05, 4.69) is 19.9 Å². The molecule has 7 aromatic rings. The molecule has 0 radical (unpaired) electrons. The second kappa shape index (κ2) is 12.1. The highest BCUT2D eigenvalue weighted by atomic mass is 35.5. The van der Waals surface area contributed by atoms with Gasteiger partial charge in [-0.25, -0.2) is 39.9 Å². The first-order valence-corrected chi connectivity index (χ1v) is 15.0. The molecule has 0 unspecified atom stereocenters. The smallest absolute Gasteiger partial charge is 0.292 e. The van der Waals surface area contributed by atoms with E-state index in [0.29, 0.717) is 62.1 Å². The Kier molecular flexibility index (Phi) is 7.67. The Morgan fingerprint density at radius 3 is 1.66 bits per heavy atom. The molecule has 10 nitrogen and oxygen atoms in total. The number of rotatable bonds is 8. The first-order chi connectivity index (χ1) is 21.5. The summed E-state index contributed by atoms with van der Waals surface area (Å²) >= 11 is 20.0. The van der Waals surface area contributed by atoms with Gasteiger partial charge in [0.1, 0.15) is 11.4 Å². The molecule has 7 rings (SSSR count). The monoisotopic (exact) mass is 658 g/mol. The number of oxazole rings is 2. The van der Waals surface area contributed by atoms with E-state index in [-0.39, 0.29) is 5.35 Å². The molecule has 7 aromatic heterocycles. The summed E-state index contributed by atoms with van der Waals surface area (Å²) in [6.45, 7) is 0. The van der Waals surface area contributed by atoms with Crippen molar-refractivity contribution in [3.8, 4) is 34.4 Å². The SMILES string of the molecule is Clc1ccc(N(c2cccc(-c3cnc(Cl)o3)n2)N(c2ccc(Cl)cn2)c2cccc(-c3cnc(-c4ccsc4)o3)n2)nc1. The molecule has 0 saturated carbocycles. The fourth-order valence-corrected chi connectivity index (χ4v) is 5.26. The molecule has 0 aliphatic heterocycles. The third-order valence-corrected chi connectivity index (χ3v) is 7.52. The molecule has 44 heavy (non-hydrogen) atoms. The summed E-state index contributed by atoms with van der Waals surface area (Å²) in [5.41, 5.74) is 1.94. The molecular formula is C30H17Cl3N8O2S. The first kappa shape index (κ1) is 28.0. The molecule has 14 heteroatoms. The maximum Gasteiger partial charge on any atom is 0.292 e. The average Bonchev–Trinajstić information content (AvgIpc) is 3.84. The topological polar surface area (TPSA) is 110 Å². The van der Waals surface area contributed by atoms with Gasteiger partial charge in [-0.3, -0.25) is 0 Å². The standard InChI is InChI=1S/C30H17Cl3N8O2S/c31-19-7-9-25(34-13-19)40(27-5-1-3-21(38-27)23-15-36-29(42-23)18-11-12-44-17-18)41(26-10-8-20(32)14-35-26)28-6-2-4-22(39-28)24-16-37-30(33)43-24/h1-17H. The zero-order chi connectivity index (χ0) is 30.0. The van der Waals surface area contributed by atoms with Crippen molar-refractivity contribution < 1.29 is 8.83 Å². The van der Waals surface area contributed by atoms with Gasteiger partial charge in [-0.05, 0) is 71.6 Å². The molecule has 0 aliphatic rings. The summed E-state index contributed by atoms with van der Waals surface area (Å²) < 4.78 is 11.6. The number of thiophene rings is 1. The van der Waals surface area contributed by atoms with E-state index in [1.807, 2.05) is 47.2 Å². The van der Waals surface area contributed by atoms with Crippen molar-refractivity contribution in [2.45, 2.75) is 0 Å². The van der Waals surface area contributed by atoms with Gasteiger partial charge in [0.15, 0.2) is 34.8 Å². The van der Waals surface area contributed by atoms with Crippen LogP contribution in [0.15, 0.2) is 111 Å². The summed E-state index contributed by atoms with van der Waals surface area (Å²) in [5, 5.41) is 8.38. The van der Waals surface area contributed by atoms with E-state index in [4.69, 9.17) is 53.6 Å². The van der Waals surface area contributed by atoms with Gasteiger partial charge >= 0.3 is 0 Å². The Morgan fingerprint density at radius 2 is 1.16 bits per heavy atom. The van der Waals surface area contributed by atoms with Crippen molar-refractivity contribution in [1.29, 1.82) is 0 Å². The van der Waals surface area contributed by atoms with Gasteiger partial charge in [0, 0.05) is 23.3 Å². The summed E-state index contributed by atoms with van der Waals surface area (Å²) in [6, 6.07) is 19.9. The Balaban J connectivity index is 1.39. The molecule has 0 atom stereocenters. The largest absolute Gasteiger partial charge is 0.434 e. The van der Waals surface area contributed by atoms with Crippen LogP contribution >= 0.6 is 46.1 Å². The normalized spacial score (nSPS) is 11.1. The Morgan fingerprint density at radius 1 is 0.568 bits per heavy atom. The molecule has 216 valence electrons. The van der Waals surface area contributed by atoms with Crippen LogP contribution in [0.4, 0.5) is 23.3 Å². The molecule has 0 aliphatic carbocycles. The van der Waals surface area contributed by atoms with Crippen molar-refractivity contribution in [1.82, 2.24) is 29.9 Å². The Labute approximate surface area is 269 Å². The van der Waals surface area contributed by atoms with Crippen LogP contribution in [0.5, 0.6) is 0 Å². The lowest BCUT2D eigenvalue weighted by Crippen LogP contribution is -2.38. The highest BCUT2D eigenvalue weighted by Crippen LogP contribution is 2.36. The number of hydrogen-bond donors (Lipinski definition) is 0. The minimum absolute atomic E-state index is 0.00556. The number of pyridine rings is 4. The van der Waals surface area contributed by atoms with Crippen LogP contribution in [-0.2, 0) is 0 Å². The maximum absolute atomic E-state index is 6.24. The van der Waals surface area contributed by atoms with Gasteiger partial charge in [-0.1, -0.05) is 35.3 Å². The lowest BCUT2D eigenvalue weighted by molar-refractivity contribution is 0.572. The number of nitrogens with zero attached hydrogens (tertiary/aromatic N) is 8. The lowest BCUT2D eigenvalue weighted by atomic mass is 10.3. The summed E-state index contributed by atoms with van der Waals surface area (Å²) in [4.78, 5) is 27.5. The van der Waals surface area contributed by atoms with Gasteiger partial charge in [-0.15, -0.1) is 0 Å². The van der Waals surface area contributed by atoms with Crippen molar-refractivity contribution in [2.24, 2.45) is 0 Å². The van der Waals surface area contributed by atoms with E-state index in [0.717, 1.165) is 5.56 Å². The van der Waals surface area contributed by atoms with E-state index in [1.54, 1.807) is 70.3 Å². The Hall–Kier alpha value is -4.81. The molecule has 0 bridgehead atoms. The zero-order valence-corrected chi connectivity index (χ0v) is 25.3. The highest BCUT2D eigenvalue weighted by molar-refractivity contribution is 7.08. The second-order valence-electron chi connectivity index (χ2n) is 9.07. The summed E-state index contributed by atoms with van der Waals surface area (Å²) in [5.74, 6) is 3.26. The first-order valence-electron chi connectivity index (χ1n) is 12.9. The average molecular weight is 660 g/mol. The zero-order valence-electron chi connectivity index (χ0n) is 22.3. The lowest BCUT2D eigenvalue weighted by Gasteiger charge is -2.35. The molecular weight excluding hydrogens is 643 g/mol. The Bertz CT molecular complexity index is 2030. The molecule has 0 fully saturated rings. The van der Waals surface area contributed by atoms with Crippen LogP contribution in [0.2, 0.25) is 15.4 Å². The van der Waals surface area contributed by atoms with Gasteiger partial charge < -0.3 is 8.83 Å². The molecule has 0 N–H and O–H groups in total. The highest BCUT2D eigenvalue weighted by Gasteiger charge is 2.27. The van der Waals surface area contributed by atoms with Gasteiger partial charge in [0.05, 0.1) is 22.4 Å². The van der Waals surface area contributed by atoms with Crippen molar-refractivity contribution in [3.05, 3.63) is 118 Å². The fraction of sp³-hybridized carbons (Fsp3) is 0. The predicted molar refractivity (Wildman–Crippen MR) is 171 cm³/mol. The van der Waals surface area contributed by atoms with E-state index in [1.165, 1.54) is 6.20 Å². The second-order valence-corrected chi connectivity index (χ2v) is 11.1. The van der Waals surface area contributed by atoms with E-state index < -0.39 is 0 Å². The molecule has 7 heterocycles. The third kappa shape index (κ3) is 5.73. The summed E-state index contributed by atoms with van der Waals surface area (Å²) in [6.07, 6.45) is 6.24. The molecule has 0 spiro atoms. The molecule has 0 aromatic carbocycles. The summed E-state index contributed by atoms with van der Waals surface area (Å²) in [7, 11) is 0. The van der Waals surface area contributed by atoms with Crippen LogP contribution in [0, 0.1) is 0 Å². The van der Waals surface area contributed by atoms with Crippen molar-refractivity contribution in [2.75, 3.05) is 10.0 Å². The number of aromatic nitrogens is 6. The molecule has 0 amide bonds.